The number of benzene rings is 7. The van der Waals surface area contributed by atoms with Crippen molar-refractivity contribution in [3.05, 3.63) is 158 Å². The molecule has 44 heavy (non-hydrogen) atoms. The molecule has 0 bridgehead atoms. The summed E-state index contributed by atoms with van der Waals surface area (Å²) in [4.78, 5) is 2.12. The van der Waals surface area contributed by atoms with Crippen LogP contribution in [0.3, 0.4) is 0 Å². The molecular weight excluding hydrogens is 573 g/mol. The first-order chi connectivity index (χ1) is 21.7. The molecule has 9 rings (SSSR count). The van der Waals surface area contributed by atoms with Crippen molar-refractivity contribution in [1.82, 2.24) is 4.57 Å². The van der Waals surface area contributed by atoms with Crippen LogP contribution in [0, 0.1) is 0 Å². The van der Waals surface area contributed by atoms with Gasteiger partial charge >= 0.3 is 0 Å². The minimum Gasteiger partial charge on any atom is -0.309 e. The first-order valence-corrected chi connectivity index (χ1v) is 17.3. The number of fused-ring (bicyclic) bond motifs is 6. The van der Waals surface area contributed by atoms with Gasteiger partial charge in [-0.1, -0.05) is 121 Å². The monoisotopic (exact) mass is 599 g/mol. The van der Waals surface area contributed by atoms with Crippen LogP contribution in [0.4, 0.5) is 0 Å². The zero-order chi connectivity index (χ0) is 29.3. The van der Waals surface area contributed by atoms with Crippen molar-refractivity contribution < 1.29 is 4.57 Å². The summed E-state index contributed by atoms with van der Waals surface area (Å²) in [6.45, 7) is 0. The van der Waals surface area contributed by atoms with Gasteiger partial charge in [-0.3, -0.25) is 0 Å². The number of para-hydroxylation sites is 2. The van der Waals surface area contributed by atoms with Gasteiger partial charge in [0.05, 0.1) is 11.0 Å². The van der Waals surface area contributed by atoms with Crippen LogP contribution in [0.25, 0.3) is 49.4 Å². The van der Waals surface area contributed by atoms with Gasteiger partial charge in [0.1, 0.15) is 0 Å². The molecular formula is C40H26NOPS. The van der Waals surface area contributed by atoms with E-state index in [2.05, 4.69) is 132 Å². The molecule has 8 aromatic rings. The van der Waals surface area contributed by atoms with Crippen LogP contribution in [0.5, 0.6) is 0 Å². The molecule has 0 spiro atoms. The minimum absolute atomic E-state index is 0.904. The third-order valence-corrected chi connectivity index (χ3v) is 13.5. The quantitative estimate of drug-likeness (QED) is 0.189. The maximum atomic E-state index is 15.8. The zero-order valence-electron chi connectivity index (χ0n) is 23.7. The van der Waals surface area contributed by atoms with Crippen LogP contribution in [0.15, 0.2) is 168 Å². The van der Waals surface area contributed by atoms with Gasteiger partial charge in [0.2, 0.25) is 0 Å². The molecule has 0 aliphatic carbocycles. The lowest BCUT2D eigenvalue weighted by Crippen LogP contribution is -2.30. The van der Waals surface area contributed by atoms with Crippen molar-refractivity contribution in [3.8, 4) is 16.8 Å². The highest BCUT2D eigenvalue weighted by Gasteiger charge is 2.39. The molecule has 1 aliphatic heterocycles. The van der Waals surface area contributed by atoms with Gasteiger partial charge in [0.25, 0.3) is 0 Å². The second-order valence-electron chi connectivity index (χ2n) is 11.3. The number of hydrogen-bond acceptors (Lipinski definition) is 2. The number of nitrogens with zero attached hydrogens (tertiary/aromatic N) is 1. The van der Waals surface area contributed by atoms with Crippen molar-refractivity contribution in [2.45, 2.75) is 9.79 Å². The van der Waals surface area contributed by atoms with E-state index < -0.39 is 7.14 Å². The highest BCUT2D eigenvalue weighted by molar-refractivity contribution is 8.02. The van der Waals surface area contributed by atoms with Crippen LogP contribution in [-0.4, -0.2) is 4.57 Å². The summed E-state index contributed by atoms with van der Waals surface area (Å²) in [7, 11) is -3.19. The summed E-state index contributed by atoms with van der Waals surface area (Å²) >= 11 is 1.72. The Kier molecular flexibility index (Phi) is 5.75. The summed E-state index contributed by atoms with van der Waals surface area (Å²) in [5.74, 6) is 0. The van der Waals surface area contributed by atoms with E-state index >= 15 is 4.57 Å². The highest BCUT2D eigenvalue weighted by Crippen LogP contribution is 2.53. The van der Waals surface area contributed by atoms with Gasteiger partial charge in [-0.15, -0.1) is 0 Å². The fraction of sp³-hybridized carbons (Fsp3) is 0. The molecule has 1 aliphatic rings. The smallest absolute Gasteiger partial charge is 0.173 e. The first kappa shape index (κ1) is 25.7. The van der Waals surface area contributed by atoms with Crippen LogP contribution in [0.1, 0.15) is 0 Å². The summed E-state index contributed by atoms with van der Waals surface area (Å²) in [6.07, 6.45) is 0. The van der Waals surface area contributed by atoms with E-state index in [0.717, 1.165) is 53.3 Å². The van der Waals surface area contributed by atoms with Gasteiger partial charge in [0.15, 0.2) is 7.14 Å². The number of rotatable bonds is 3. The summed E-state index contributed by atoms with van der Waals surface area (Å²) < 4.78 is 18.2. The Morgan fingerprint density at radius 2 is 1.05 bits per heavy atom. The highest BCUT2D eigenvalue weighted by atomic mass is 32.2. The number of hydrogen-bond donors (Lipinski definition) is 0. The second-order valence-corrected chi connectivity index (χ2v) is 15.0. The Balaban J connectivity index is 1.26. The lowest BCUT2D eigenvalue weighted by atomic mass is 10.0. The van der Waals surface area contributed by atoms with Crippen molar-refractivity contribution in [3.63, 3.8) is 0 Å². The van der Waals surface area contributed by atoms with E-state index in [-0.39, 0.29) is 0 Å². The van der Waals surface area contributed by atoms with Crippen molar-refractivity contribution in [2.75, 3.05) is 0 Å². The Hall–Kier alpha value is -4.82. The van der Waals surface area contributed by atoms with Crippen molar-refractivity contribution >= 4 is 67.4 Å². The second kappa shape index (κ2) is 9.86. The molecule has 0 saturated carbocycles. The fourth-order valence-corrected chi connectivity index (χ4v) is 11.8. The predicted octanol–water partition coefficient (Wildman–Crippen LogP) is 9.71. The van der Waals surface area contributed by atoms with E-state index in [9.17, 15) is 0 Å². The van der Waals surface area contributed by atoms with Crippen molar-refractivity contribution in [2.24, 2.45) is 0 Å². The first-order valence-electron chi connectivity index (χ1n) is 14.8. The third-order valence-electron chi connectivity index (χ3n) is 8.85. The molecule has 0 fully saturated rings. The molecule has 0 saturated heterocycles. The van der Waals surface area contributed by atoms with Crippen molar-refractivity contribution in [1.29, 1.82) is 0 Å². The van der Waals surface area contributed by atoms with Crippen LogP contribution >= 0.6 is 18.9 Å². The average Bonchev–Trinajstić information content (AvgIpc) is 3.42. The molecule has 0 radical (unpaired) electrons. The molecule has 2 nitrogen and oxygen atoms in total. The van der Waals surface area contributed by atoms with E-state index in [0.29, 0.717) is 0 Å². The van der Waals surface area contributed by atoms with Gasteiger partial charge in [-0.25, -0.2) is 0 Å². The van der Waals surface area contributed by atoms with E-state index in [1.807, 2.05) is 30.3 Å². The normalized spacial score (nSPS) is 15.8. The van der Waals surface area contributed by atoms with Crippen LogP contribution in [-0.2, 0) is 4.57 Å². The zero-order valence-corrected chi connectivity index (χ0v) is 25.4. The van der Waals surface area contributed by atoms with Crippen LogP contribution < -0.4 is 15.9 Å². The van der Waals surface area contributed by atoms with E-state index in [1.54, 1.807) is 11.8 Å². The Labute approximate surface area is 260 Å². The standard InChI is InChI=1S/C40H26NOPS/c42-43(36-21-10-12-27-11-1-2-15-31(27)36)37-20-7-8-22-39(37)44-40-24-23-29(26-38(40)43)28-13-9-14-30(25-28)41-34-18-5-3-16-32(34)33-17-4-6-19-35(33)41/h1-26H. The molecule has 2 heterocycles. The molecule has 1 unspecified atom stereocenters. The minimum atomic E-state index is -3.19. The Morgan fingerprint density at radius 1 is 0.455 bits per heavy atom. The molecule has 208 valence electrons. The average molecular weight is 600 g/mol. The Morgan fingerprint density at radius 3 is 1.86 bits per heavy atom. The third kappa shape index (κ3) is 3.73. The van der Waals surface area contributed by atoms with Gasteiger partial charge < -0.3 is 9.13 Å². The fourth-order valence-electron chi connectivity index (χ4n) is 6.85. The topological polar surface area (TPSA) is 22.0 Å². The summed E-state index contributed by atoms with van der Waals surface area (Å²) in [6, 6.07) is 55.2. The lowest BCUT2D eigenvalue weighted by Gasteiger charge is -2.30. The maximum Gasteiger partial charge on any atom is 0.173 e. The summed E-state index contributed by atoms with van der Waals surface area (Å²) in [5, 5.41) is 7.38. The number of aromatic nitrogens is 1. The molecule has 1 aromatic heterocycles. The lowest BCUT2D eigenvalue weighted by molar-refractivity contribution is 0.592. The summed E-state index contributed by atoms with van der Waals surface area (Å²) in [5.41, 5.74) is 5.64. The van der Waals surface area contributed by atoms with Gasteiger partial charge in [-0.2, -0.15) is 0 Å². The largest absolute Gasteiger partial charge is 0.309 e. The van der Waals surface area contributed by atoms with Gasteiger partial charge in [0, 0.05) is 42.2 Å². The van der Waals surface area contributed by atoms with E-state index in [4.69, 9.17) is 0 Å². The molecule has 7 aromatic carbocycles. The van der Waals surface area contributed by atoms with Gasteiger partial charge in [-0.05, 0) is 70.4 Å². The molecule has 1 atom stereocenters. The molecule has 4 heteroatoms. The predicted molar refractivity (Wildman–Crippen MR) is 187 cm³/mol. The SMILES string of the molecule is O=P1(c2cccc3ccccc23)c2ccccc2Sc2ccc(-c3cccc(-n4c5ccccc5c5ccccc54)c3)cc21. The van der Waals surface area contributed by atoms with E-state index in [1.165, 1.54) is 21.8 Å². The molecule has 0 N–H and O–H groups in total. The maximum absolute atomic E-state index is 15.8. The molecule has 0 amide bonds. The Bertz CT molecular complexity index is 2420. The van der Waals surface area contributed by atoms with Crippen LogP contribution in [0.2, 0.25) is 0 Å².